The van der Waals surface area contributed by atoms with Gasteiger partial charge in [-0.2, -0.15) is 0 Å². The van der Waals surface area contributed by atoms with Gasteiger partial charge in [0.15, 0.2) is 0 Å². The molecule has 0 radical (unpaired) electrons. The molecule has 2 aromatic rings. The lowest BCUT2D eigenvalue weighted by Crippen LogP contribution is -2.18. The zero-order valence-corrected chi connectivity index (χ0v) is 12.2. The average molecular weight is 271 g/mol. The fraction of sp³-hybridized carbons (Fsp3) is 0.294. The number of hydrogen-bond acceptors (Lipinski definition) is 3. The van der Waals surface area contributed by atoms with Crippen LogP contribution in [0.25, 0.3) is 0 Å². The summed E-state index contributed by atoms with van der Waals surface area (Å²) in [5, 5.41) is 0. The highest BCUT2D eigenvalue weighted by Gasteiger charge is 2.08. The van der Waals surface area contributed by atoms with Crippen LogP contribution >= 0.6 is 0 Å². The molecule has 106 valence electrons. The van der Waals surface area contributed by atoms with E-state index in [0.29, 0.717) is 0 Å². The molecule has 0 aliphatic carbocycles. The summed E-state index contributed by atoms with van der Waals surface area (Å²) >= 11 is 0. The van der Waals surface area contributed by atoms with E-state index in [0.717, 1.165) is 29.2 Å². The molecule has 1 atom stereocenters. The van der Waals surface area contributed by atoms with Crippen LogP contribution in [0.2, 0.25) is 0 Å². The first-order chi connectivity index (χ1) is 9.58. The predicted molar refractivity (Wildman–Crippen MR) is 81.6 cm³/mol. The van der Waals surface area contributed by atoms with E-state index >= 15 is 0 Å². The van der Waals surface area contributed by atoms with Crippen molar-refractivity contribution in [2.45, 2.75) is 26.3 Å². The molecule has 20 heavy (non-hydrogen) atoms. The first-order valence-corrected chi connectivity index (χ1v) is 6.75. The first kappa shape index (κ1) is 14.4. The number of nitrogens with two attached hydrogens (primary N) is 1. The molecular formula is C17H21NO2. The van der Waals surface area contributed by atoms with Gasteiger partial charge in [-0.1, -0.05) is 17.7 Å². The molecule has 0 aromatic heterocycles. The molecule has 0 saturated carbocycles. The third-order valence-corrected chi connectivity index (χ3v) is 3.05. The third-order valence-electron chi connectivity index (χ3n) is 3.05. The molecule has 3 heteroatoms. The minimum absolute atomic E-state index is 0.106. The molecule has 3 nitrogen and oxygen atoms in total. The van der Waals surface area contributed by atoms with Crippen molar-refractivity contribution in [3.8, 4) is 17.2 Å². The summed E-state index contributed by atoms with van der Waals surface area (Å²) in [5.41, 5.74) is 8.25. The van der Waals surface area contributed by atoms with Gasteiger partial charge in [0.2, 0.25) is 0 Å². The summed E-state index contributed by atoms with van der Waals surface area (Å²) < 4.78 is 11.1. The highest BCUT2D eigenvalue weighted by atomic mass is 16.5. The van der Waals surface area contributed by atoms with Crippen molar-refractivity contribution in [3.05, 3.63) is 53.6 Å². The maximum Gasteiger partial charge on any atom is 0.130 e. The lowest BCUT2D eigenvalue weighted by atomic mass is 10.0. The normalized spacial score (nSPS) is 12.0. The Balaban J connectivity index is 2.22. The van der Waals surface area contributed by atoms with Crippen molar-refractivity contribution in [3.63, 3.8) is 0 Å². The van der Waals surface area contributed by atoms with Crippen molar-refractivity contribution in [2.75, 3.05) is 7.11 Å². The molecule has 0 saturated heterocycles. The molecule has 2 aromatic carbocycles. The smallest absolute Gasteiger partial charge is 0.130 e. The quantitative estimate of drug-likeness (QED) is 0.902. The predicted octanol–water partition coefficient (Wildman–Crippen LogP) is 3.69. The van der Waals surface area contributed by atoms with E-state index in [1.54, 1.807) is 7.11 Å². The van der Waals surface area contributed by atoms with E-state index in [2.05, 4.69) is 13.0 Å². The number of benzene rings is 2. The van der Waals surface area contributed by atoms with Crippen LogP contribution in [0, 0.1) is 6.92 Å². The SMILES string of the molecule is COc1ccc(Oc2ccc(C)cc2CC(C)N)cc1. The second kappa shape index (κ2) is 6.44. The van der Waals surface area contributed by atoms with Gasteiger partial charge >= 0.3 is 0 Å². The summed E-state index contributed by atoms with van der Waals surface area (Å²) in [5.74, 6) is 2.47. The Bertz CT molecular complexity index is 562. The minimum atomic E-state index is 0.106. The monoisotopic (exact) mass is 271 g/mol. The van der Waals surface area contributed by atoms with E-state index in [4.69, 9.17) is 15.2 Å². The molecule has 1 unspecified atom stereocenters. The van der Waals surface area contributed by atoms with Crippen LogP contribution in [0.4, 0.5) is 0 Å². The Hall–Kier alpha value is -2.00. The molecule has 0 aliphatic heterocycles. The van der Waals surface area contributed by atoms with Crippen molar-refractivity contribution >= 4 is 0 Å². The fourth-order valence-corrected chi connectivity index (χ4v) is 2.08. The molecule has 0 heterocycles. The topological polar surface area (TPSA) is 44.5 Å². The van der Waals surface area contributed by atoms with Crippen LogP contribution in [-0.2, 0) is 6.42 Å². The zero-order valence-electron chi connectivity index (χ0n) is 12.2. The molecule has 0 fully saturated rings. The Morgan fingerprint density at radius 1 is 1.05 bits per heavy atom. The highest BCUT2D eigenvalue weighted by molar-refractivity contribution is 5.41. The zero-order chi connectivity index (χ0) is 14.5. The van der Waals surface area contributed by atoms with Gasteiger partial charge in [0, 0.05) is 6.04 Å². The number of ether oxygens (including phenoxy) is 2. The molecular weight excluding hydrogens is 250 g/mol. The van der Waals surface area contributed by atoms with E-state index in [-0.39, 0.29) is 6.04 Å². The lowest BCUT2D eigenvalue weighted by Gasteiger charge is -2.14. The second-order valence-electron chi connectivity index (χ2n) is 5.07. The molecule has 0 aliphatic rings. The van der Waals surface area contributed by atoms with Gasteiger partial charge in [-0.15, -0.1) is 0 Å². The lowest BCUT2D eigenvalue weighted by molar-refractivity contribution is 0.412. The van der Waals surface area contributed by atoms with E-state index in [1.807, 2.05) is 43.3 Å². The summed E-state index contributed by atoms with van der Waals surface area (Å²) in [6.07, 6.45) is 0.799. The molecule has 2 N–H and O–H groups in total. The number of hydrogen-bond donors (Lipinski definition) is 1. The van der Waals surface area contributed by atoms with Crippen LogP contribution < -0.4 is 15.2 Å². The van der Waals surface area contributed by atoms with Crippen LogP contribution in [0.3, 0.4) is 0 Å². The largest absolute Gasteiger partial charge is 0.497 e. The van der Waals surface area contributed by atoms with Crippen LogP contribution in [-0.4, -0.2) is 13.2 Å². The van der Waals surface area contributed by atoms with Gasteiger partial charge in [-0.05, 0) is 56.2 Å². The van der Waals surface area contributed by atoms with E-state index in [1.165, 1.54) is 5.56 Å². The molecule has 0 spiro atoms. The molecule has 2 rings (SSSR count). The van der Waals surface area contributed by atoms with Crippen molar-refractivity contribution < 1.29 is 9.47 Å². The van der Waals surface area contributed by atoms with Gasteiger partial charge in [0.05, 0.1) is 7.11 Å². The van der Waals surface area contributed by atoms with Crippen molar-refractivity contribution in [1.29, 1.82) is 0 Å². The number of methoxy groups -OCH3 is 1. The fourth-order valence-electron chi connectivity index (χ4n) is 2.08. The van der Waals surface area contributed by atoms with E-state index in [9.17, 15) is 0 Å². The summed E-state index contributed by atoms with van der Waals surface area (Å²) in [4.78, 5) is 0. The van der Waals surface area contributed by atoms with E-state index < -0.39 is 0 Å². The van der Waals surface area contributed by atoms with Crippen molar-refractivity contribution in [2.24, 2.45) is 5.73 Å². The summed E-state index contributed by atoms with van der Waals surface area (Å²) in [6.45, 7) is 4.07. The standard InChI is InChI=1S/C17H21NO2/c1-12-4-9-17(14(10-12)11-13(2)18)20-16-7-5-15(19-3)6-8-16/h4-10,13H,11,18H2,1-3H3. The Kier molecular flexibility index (Phi) is 4.64. The minimum Gasteiger partial charge on any atom is -0.497 e. The van der Waals surface area contributed by atoms with Gasteiger partial charge in [-0.25, -0.2) is 0 Å². The van der Waals surface area contributed by atoms with Crippen LogP contribution in [0.15, 0.2) is 42.5 Å². The van der Waals surface area contributed by atoms with Crippen LogP contribution in [0.1, 0.15) is 18.1 Å². The molecule has 0 bridgehead atoms. The first-order valence-electron chi connectivity index (χ1n) is 6.75. The Labute approximate surface area is 120 Å². The van der Waals surface area contributed by atoms with Crippen LogP contribution in [0.5, 0.6) is 17.2 Å². The Morgan fingerprint density at radius 3 is 2.30 bits per heavy atom. The van der Waals surface area contributed by atoms with Gasteiger partial charge in [0.25, 0.3) is 0 Å². The van der Waals surface area contributed by atoms with Gasteiger partial charge in [-0.3, -0.25) is 0 Å². The second-order valence-corrected chi connectivity index (χ2v) is 5.07. The maximum absolute atomic E-state index is 5.95. The highest BCUT2D eigenvalue weighted by Crippen LogP contribution is 2.28. The maximum atomic E-state index is 5.95. The summed E-state index contributed by atoms with van der Waals surface area (Å²) in [6, 6.07) is 13.8. The third kappa shape index (κ3) is 3.75. The number of aryl methyl sites for hydroxylation is 1. The summed E-state index contributed by atoms with van der Waals surface area (Å²) in [7, 11) is 1.65. The van der Waals surface area contributed by atoms with Gasteiger partial charge < -0.3 is 15.2 Å². The molecule has 0 amide bonds. The van der Waals surface area contributed by atoms with Crippen molar-refractivity contribution in [1.82, 2.24) is 0 Å². The average Bonchev–Trinajstić information content (AvgIpc) is 2.42. The van der Waals surface area contributed by atoms with Gasteiger partial charge in [0.1, 0.15) is 17.2 Å². The Morgan fingerprint density at radius 2 is 1.70 bits per heavy atom. The number of rotatable bonds is 5.